The van der Waals surface area contributed by atoms with Crippen LogP contribution >= 0.6 is 11.3 Å². The highest BCUT2D eigenvalue weighted by Crippen LogP contribution is 2.18. The van der Waals surface area contributed by atoms with E-state index in [1.54, 1.807) is 0 Å². The number of thiazole rings is 1. The van der Waals surface area contributed by atoms with Gasteiger partial charge in [-0.25, -0.2) is 4.98 Å². The van der Waals surface area contributed by atoms with Crippen LogP contribution in [0.2, 0.25) is 0 Å². The van der Waals surface area contributed by atoms with E-state index in [4.69, 9.17) is 0 Å². The van der Waals surface area contributed by atoms with Gasteiger partial charge in [-0.2, -0.15) is 0 Å². The Labute approximate surface area is 180 Å². The van der Waals surface area contributed by atoms with Gasteiger partial charge in [0, 0.05) is 59.9 Å². The summed E-state index contributed by atoms with van der Waals surface area (Å²) in [7, 11) is 0. The summed E-state index contributed by atoms with van der Waals surface area (Å²) in [5, 5.41) is 2.81. The first-order valence-electron chi connectivity index (χ1n) is 10.2. The molecule has 0 bridgehead atoms. The fourth-order valence-electron chi connectivity index (χ4n) is 3.90. The van der Waals surface area contributed by atoms with Gasteiger partial charge in [0.2, 0.25) is 5.91 Å². The van der Waals surface area contributed by atoms with Crippen LogP contribution in [-0.4, -0.2) is 57.3 Å². The Kier molecular flexibility index (Phi) is 5.72. The van der Waals surface area contributed by atoms with E-state index in [2.05, 4.69) is 35.5 Å². The van der Waals surface area contributed by atoms with Crippen LogP contribution in [-0.2, 0) is 11.2 Å². The second-order valence-electron chi connectivity index (χ2n) is 7.73. The molecule has 1 fully saturated rings. The maximum absolute atomic E-state index is 12.9. The molecule has 0 unspecified atom stereocenters. The molecule has 6 nitrogen and oxygen atoms in total. The van der Waals surface area contributed by atoms with E-state index in [1.165, 1.54) is 22.7 Å². The van der Waals surface area contributed by atoms with Crippen LogP contribution in [0.25, 0.3) is 5.69 Å². The molecule has 3 heterocycles. The molecular weight excluding hydrogens is 396 g/mol. The van der Waals surface area contributed by atoms with Crippen molar-refractivity contribution in [1.29, 1.82) is 0 Å². The third-order valence-corrected chi connectivity index (χ3v) is 6.50. The number of benzene rings is 1. The minimum atomic E-state index is 0.0187. The SMILES string of the molecule is Cc1csc(CC(=O)N2CCN(C(=O)c3ccc(-n4c(C)ccc4C)cc3)CC2)n1. The molecule has 0 radical (unpaired) electrons. The van der Waals surface area contributed by atoms with Gasteiger partial charge in [0.1, 0.15) is 5.01 Å². The molecule has 3 aromatic rings. The van der Waals surface area contributed by atoms with Gasteiger partial charge in [-0.3, -0.25) is 9.59 Å². The van der Waals surface area contributed by atoms with Crippen molar-refractivity contribution in [3.63, 3.8) is 0 Å². The van der Waals surface area contributed by atoms with Gasteiger partial charge in [-0.15, -0.1) is 11.3 Å². The van der Waals surface area contributed by atoms with Crippen LogP contribution in [0, 0.1) is 20.8 Å². The van der Waals surface area contributed by atoms with Gasteiger partial charge < -0.3 is 14.4 Å². The normalized spacial score (nSPS) is 14.2. The van der Waals surface area contributed by atoms with Crippen LogP contribution < -0.4 is 0 Å². The number of hydrogen-bond acceptors (Lipinski definition) is 4. The number of hydrogen-bond donors (Lipinski definition) is 0. The number of piperazine rings is 1. The highest BCUT2D eigenvalue weighted by Gasteiger charge is 2.25. The van der Waals surface area contributed by atoms with Crippen molar-refractivity contribution in [2.45, 2.75) is 27.2 Å². The molecule has 0 saturated carbocycles. The average molecular weight is 423 g/mol. The second kappa shape index (κ2) is 8.44. The predicted molar refractivity (Wildman–Crippen MR) is 118 cm³/mol. The molecule has 1 aliphatic heterocycles. The van der Waals surface area contributed by atoms with E-state index >= 15 is 0 Å². The van der Waals surface area contributed by atoms with E-state index in [0.29, 0.717) is 38.2 Å². The van der Waals surface area contributed by atoms with E-state index in [1.807, 2.05) is 46.4 Å². The summed E-state index contributed by atoms with van der Waals surface area (Å²) >= 11 is 1.52. The fourth-order valence-corrected chi connectivity index (χ4v) is 4.66. The Morgan fingerprint density at radius 2 is 1.50 bits per heavy atom. The van der Waals surface area contributed by atoms with Crippen molar-refractivity contribution in [2.75, 3.05) is 26.2 Å². The van der Waals surface area contributed by atoms with E-state index in [9.17, 15) is 9.59 Å². The molecule has 156 valence electrons. The van der Waals surface area contributed by atoms with Gasteiger partial charge in [0.05, 0.1) is 6.42 Å². The lowest BCUT2D eigenvalue weighted by atomic mass is 10.1. The number of aryl methyl sites for hydroxylation is 3. The number of nitrogens with zero attached hydrogens (tertiary/aromatic N) is 4. The molecule has 0 spiro atoms. The van der Waals surface area contributed by atoms with Crippen molar-refractivity contribution in [1.82, 2.24) is 19.4 Å². The van der Waals surface area contributed by atoms with Crippen LogP contribution in [0.1, 0.15) is 32.4 Å². The number of carbonyl (C=O) groups excluding carboxylic acids is 2. The van der Waals surface area contributed by atoms with Crippen LogP contribution in [0.15, 0.2) is 41.8 Å². The van der Waals surface area contributed by atoms with Gasteiger partial charge >= 0.3 is 0 Å². The largest absolute Gasteiger partial charge is 0.339 e. The van der Waals surface area contributed by atoms with Gasteiger partial charge in [0.25, 0.3) is 5.91 Å². The maximum atomic E-state index is 12.9. The van der Waals surface area contributed by atoms with Crippen molar-refractivity contribution < 1.29 is 9.59 Å². The van der Waals surface area contributed by atoms with E-state index in [-0.39, 0.29) is 11.8 Å². The standard InChI is InChI=1S/C23H26N4O2S/c1-16-15-30-21(24-16)14-22(28)25-10-12-26(13-11-25)23(29)19-6-8-20(9-7-19)27-17(2)4-5-18(27)3/h4-9,15H,10-14H2,1-3H3. The van der Waals surface area contributed by atoms with Gasteiger partial charge in [-0.1, -0.05) is 0 Å². The number of rotatable bonds is 4. The first-order chi connectivity index (χ1) is 14.4. The third-order valence-electron chi connectivity index (χ3n) is 5.53. The smallest absolute Gasteiger partial charge is 0.253 e. The van der Waals surface area contributed by atoms with Crippen LogP contribution in [0.3, 0.4) is 0 Å². The topological polar surface area (TPSA) is 58.4 Å². The Balaban J connectivity index is 1.35. The Morgan fingerprint density at radius 3 is 2.07 bits per heavy atom. The lowest BCUT2D eigenvalue weighted by Gasteiger charge is -2.34. The molecule has 30 heavy (non-hydrogen) atoms. The molecule has 2 aromatic heterocycles. The molecule has 1 aromatic carbocycles. The molecule has 1 aliphatic rings. The molecule has 0 atom stereocenters. The molecule has 1 saturated heterocycles. The Hall–Kier alpha value is -2.93. The molecule has 2 amide bonds. The summed E-state index contributed by atoms with van der Waals surface area (Å²) in [6.45, 7) is 8.31. The quantitative estimate of drug-likeness (QED) is 0.648. The van der Waals surface area contributed by atoms with Crippen molar-refractivity contribution >= 4 is 23.2 Å². The van der Waals surface area contributed by atoms with Gasteiger partial charge in [-0.05, 0) is 57.2 Å². The fraction of sp³-hybridized carbons (Fsp3) is 0.348. The summed E-state index contributed by atoms with van der Waals surface area (Å²) < 4.78 is 2.17. The summed E-state index contributed by atoms with van der Waals surface area (Å²) in [5.74, 6) is 0.100. The minimum absolute atomic E-state index is 0.0187. The maximum Gasteiger partial charge on any atom is 0.253 e. The average Bonchev–Trinajstić information content (AvgIpc) is 3.32. The van der Waals surface area contributed by atoms with Crippen molar-refractivity contribution in [3.8, 4) is 5.69 Å². The molecule has 7 heteroatoms. The van der Waals surface area contributed by atoms with Crippen LogP contribution in [0.5, 0.6) is 0 Å². The Morgan fingerprint density at radius 1 is 0.900 bits per heavy atom. The minimum Gasteiger partial charge on any atom is -0.339 e. The lowest BCUT2D eigenvalue weighted by molar-refractivity contribution is -0.131. The summed E-state index contributed by atoms with van der Waals surface area (Å²) in [4.78, 5) is 33.5. The number of amides is 2. The van der Waals surface area contributed by atoms with Crippen molar-refractivity contribution in [3.05, 3.63) is 69.4 Å². The number of carbonyl (C=O) groups is 2. The van der Waals surface area contributed by atoms with E-state index < -0.39 is 0 Å². The lowest BCUT2D eigenvalue weighted by Crippen LogP contribution is -2.51. The summed E-state index contributed by atoms with van der Waals surface area (Å²) in [6, 6.07) is 11.9. The van der Waals surface area contributed by atoms with E-state index in [0.717, 1.165) is 16.4 Å². The summed E-state index contributed by atoms with van der Waals surface area (Å²) in [5.41, 5.74) is 5.02. The first-order valence-corrected chi connectivity index (χ1v) is 11.0. The molecule has 0 aliphatic carbocycles. The summed E-state index contributed by atoms with van der Waals surface area (Å²) in [6.07, 6.45) is 0.339. The monoisotopic (exact) mass is 422 g/mol. The van der Waals surface area contributed by atoms with Gasteiger partial charge in [0.15, 0.2) is 0 Å². The zero-order valence-corrected chi connectivity index (χ0v) is 18.4. The zero-order valence-electron chi connectivity index (χ0n) is 17.6. The predicted octanol–water partition coefficient (Wildman–Crippen LogP) is 3.39. The Bertz CT molecular complexity index is 1040. The number of aromatic nitrogens is 2. The molecule has 4 rings (SSSR count). The highest BCUT2D eigenvalue weighted by atomic mass is 32.1. The van der Waals surface area contributed by atoms with Crippen LogP contribution in [0.4, 0.5) is 0 Å². The highest BCUT2D eigenvalue weighted by molar-refractivity contribution is 7.09. The molecular formula is C23H26N4O2S. The molecule has 0 N–H and O–H groups in total. The zero-order chi connectivity index (χ0) is 21.3. The van der Waals surface area contributed by atoms with Crippen molar-refractivity contribution in [2.24, 2.45) is 0 Å². The first kappa shape index (κ1) is 20.3. The second-order valence-corrected chi connectivity index (χ2v) is 8.67. The third kappa shape index (κ3) is 4.16.